The standard InChI is InChI=1S/C24H20BrFN4O/c1-13-3-8-17(9-4-13)30-23-22(14(2)29-30)18(12-21(27-23)15-5-6-15)24(31)28-20-10-7-16(25)11-19(20)26/h3-4,7-12,15H,5-6H2,1-2H3,(H,28,31). The highest BCUT2D eigenvalue weighted by molar-refractivity contribution is 9.10. The third-order valence-electron chi connectivity index (χ3n) is 5.53. The van der Waals surface area contributed by atoms with E-state index in [1.54, 1.807) is 16.8 Å². The third kappa shape index (κ3) is 3.74. The number of hydrogen-bond acceptors (Lipinski definition) is 3. The first-order valence-corrected chi connectivity index (χ1v) is 10.9. The van der Waals surface area contributed by atoms with Gasteiger partial charge in [0, 0.05) is 16.1 Å². The molecular formula is C24H20BrFN4O. The molecule has 5 rings (SSSR count). The van der Waals surface area contributed by atoms with Gasteiger partial charge in [-0.05, 0) is 63.1 Å². The Morgan fingerprint density at radius 1 is 1.13 bits per heavy atom. The van der Waals surface area contributed by atoms with Crippen LogP contribution < -0.4 is 5.32 Å². The van der Waals surface area contributed by atoms with Gasteiger partial charge in [-0.3, -0.25) is 4.79 Å². The zero-order chi connectivity index (χ0) is 21.7. The van der Waals surface area contributed by atoms with Crippen molar-refractivity contribution in [3.05, 3.63) is 81.3 Å². The number of nitrogens with zero attached hydrogens (tertiary/aromatic N) is 3. The van der Waals surface area contributed by atoms with Crippen LogP contribution in [-0.2, 0) is 0 Å². The molecule has 0 saturated heterocycles. The molecule has 2 aromatic heterocycles. The first-order chi connectivity index (χ1) is 14.9. The molecule has 0 atom stereocenters. The Hall–Kier alpha value is -3.06. The number of rotatable bonds is 4. The molecule has 1 amide bonds. The van der Waals surface area contributed by atoms with E-state index in [9.17, 15) is 9.18 Å². The van der Waals surface area contributed by atoms with E-state index in [0.717, 1.165) is 29.8 Å². The summed E-state index contributed by atoms with van der Waals surface area (Å²) in [5, 5.41) is 8.08. The molecule has 1 aliphatic carbocycles. The summed E-state index contributed by atoms with van der Waals surface area (Å²) >= 11 is 3.24. The van der Waals surface area contributed by atoms with Crippen LogP contribution in [0.25, 0.3) is 16.7 Å². The summed E-state index contributed by atoms with van der Waals surface area (Å²) in [6.07, 6.45) is 2.11. The smallest absolute Gasteiger partial charge is 0.256 e. The molecule has 5 nitrogen and oxygen atoms in total. The summed E-state index contributed by atoms with van der Waals surface area (Å²) in [4.78, 5) is 18.1. The molecule has 2 aromatic carbocycles. The van der Waals surface area contributed by atoms with Crippen LogP contribution in [0.3, 0.4) is 0 Å². The Balaban J connectivity index is 1.65. The Bertz CT molecular complexity index is 1330. The number of aromatic nitrogens is 3. The number of fused-ring (bicyclic) bond motifs is 1. The van der Waals surface area contributed by atoms with Crippen molar-refractivity contribution >= 4 is 38.6 Å². The second-order valence-corrected chi connectivity index (χ2v) is 8.89. The molecule has 1 fully saturated rings. The number of amides is 1. The van der Waals surface area contributed by atoms with Crippen LogP contribution in [-0.4, -0.2) is 20.7 Å². The number of aryl methyl sites for hydroxylation is 2. The zero-order valence-corrected chi connectivity index (χ0v) is 18.7. The van der Waals surface area contributed by atoms with Crippen molar-refractivity contribution in [3.8, 4) is 5.69 Å². The Morgan fingerprint density at radius 2 is 1.87 bits per heavy atom. The van der Waals surface area contributed by atoms with Gasteiger partial charge in [-0.1, -0.05) is 33.6 Å². The number of nitrogens with one attached hydrogen (secondary N) is 1. The Kier molecular flexibility index (Phi) is 4.85. The van der Waals surface area contributed by atoms with Crippen molar-refractivity contribution in [1.82, 2.24) is 14.8 Å². The Labute approximate surface area is 187 Å². The van der Waals surface area contributed by atoms with Gasteiger partial charge in [-0.25, -0.2) is 14.1 Å². The van der Waals surface area contributed by atoms with Crippen LogP contribution in [0.15, 0.2) is 53.0 Å². The molecule has 1 saturated carbocycles. The van der Waals surface area contributed by atoms with Crippen molar-refractivity contribution in [1.29, 1.82) is 0 Å². The third-order valence-corrected chi connectivity index (χ3v) is 6.02. The van der Waals surface area contributed by atoms with Crippen LogP contribution >= 0.6 is 15.9 Å². The predicted octanol–water partition coefficient (Wildman–Crippen LogP) is 6.07. The van der Waals surface area contributed by atoms with E-state index in [-0.39, 0.29) is 11.6 Å². The lowest BCUT2D eigenvalue weighted by Crippen LogP contribution is -2.14. The largest absolute Gasteiger partial charge is 0.319 e. The second kappa shape index (κ2) is 7.57. The molecule has 156 valence electrons. The maximum Gasteiger partial charge on any atom is 0.256 e. The highest BCUT2D eigenvalue weighted by Crippen LogP contribution is 2.41. The van der Waals surface area contributed by atoms with Gasteiger partial charge >= 0.3 is 0 Å². The summed E-state index contributed by atoms with van der Waals surface area (Å²) in [6.45, 7) is 3.89. The van der Waals surface area contributed by atoms with Crippen LogP contribution in [0, 0.1) is 19.7 Å². The topological polar surface area (TPSA) is 59.8 Å². The molecule has 0 bridgehead atoms. The van der Waals surface area contributed by atoms with E-state index in [2.05, 4.69) is 26.3 Å². The molecule has 1 N–H and O–H groups in total. The van der Waals surface area contributed by atoms with Crippen molar-refractivity contribution in [3.63, 3.8) is 0 Å². The van der Waals surface area contributed by atoms with Gasteiger partial charge in [0.2, 0.25) is 0 Å². The molecule has 4 aromatic rings. The van der Waals surface area contributed by atoms with Crippen LogP contribution in [0.5, 0.6) is 0 Å². The first-order valence-electron chi connectivity index (χ1n) is 10.1. The molecule has 0 radical (unpaired) electrons. The molecule has 31 heavy (non-hydrogen) atoms. The number of benzene rings is 2. The summed E-state index contributed by atoms with van der Waals surface area (Å²) in [5.74, 6) is -0.522. The van der Waals surface area contributed by atoms with Crippen LogP contribution in [0.1, 0.15) is 46.1 Å². The van der Waals surface area contributed by atoms with Gasteiger partial charge < -0.3 is 5.32 Å². The van der Waals surface area contributed by atoms with E-state index >= 15 is 0 Å². The number of carbonyl (C=O) groups is 1. The van der Waals surface area contributed by atoms with E-state index in [4.69, 9.17) is 4.98 Å². The Morgan fingerprint density at radius 3 is 2.55 bits per heavy atom. The van der Waals surface area contributed by atoms with Gasteiger partial charge in [0.25, 0.3) is 5.91 Å². The highest BCUT2D eigenvalue weighted by atomic mass is 79.9. The second-order valence-electron chi connectivity index (χ2n) is 7.98. The van der Waals surface area contributed by atoms with E-state index in [1.807, 2.05) is 44.2 Å². The monoisotopic (exact) mass is 478 g/mol. The molecule has 2 heterocycles. The normalized spacial score (nSPS) is 13.5. The molecule has 7 heteroatoms. The van der Waals surface area contributed by atoms with Gasteiger partial charge in [-0.2, -0.15) is 5.10 Å². The summed E-state index contributed by atoms with van der Waals surface area (Å²) < 4.78 is 16.7. The van der Waals surface area contributed by atoms with Gasteiger partial charge in [-0.15, -0.1) is 0 Å². The first kappa shape index (κ1) is 19.9. The van der Waals surface area contributed by atoms with Gasteiger partial charge in [0.1, 0.15) is 5.82 Å². The van der Waals surface area contributed by atoms with E-state index in [0.29, 0.717) is 32.7 Å². The van der Waals surface area contributed by atoms with Crippen molar-refractivity contribution in [2.24, 2.45) is 0 Å². The fourth-order valence-corrected chi connectivity index (χ4v) is 4.06. The van der Waals surface area contributed by atoms with Crippen molar-refractivity contribution < 1.29 is 9.18 Å². The van der Waals surface area contributed by atoms with Gasteiger partial charge in [0.15, 0.2) is 5.65 Å². The lowest BCUT2D eigenvalue weighted by molar-refractivity contribution is 0.102. The fraction of sp³-hybridized carbons (Fsp3) is 0.208. The molecular weight excluding hydrogens is 459 g/mol. The number of halogens is 2. The number of anilines is 1. The fourth-order valence-electron chi connectivity index (χ4n) is 3.72. The van der Waals surface area contributed by atoms with Crippen LogP contribution in [0.2, 0.25) is 0 Å². The molecule has 0 aliphatic heterocycles. The van der Waals surface area contributed by atoms with Gasteiger partial charge in [0.05, 0.1) is 28.0 Å². The number of pyridine rings is 1. The molecule has 0 unspecified atom stereocenters. The minimum absolute atomic E-state index is 0.134. The lowest BCUT2D eigenvalue weighted by atomic mass is 10.1. The highest BCUT2D eigenvalue weighted by Gasteiger charge is 2.29. The van der Waals surface area contributed by atoms with Crippen LogP contribution in [0.4, 0.5) is 10.1 Å². The minimum Gasteiger partial charge on any atom is -0.319 e. The maximum absolute atomic E-state index is 14.3. The van der Waals surface area contributed by atoms with E-state index in [1.165, 1.54) is 6.07 Å². The average molecular weight is 479 g/mol. The molecule has 0 spiro atoms. The predicted molar refractivity (Wildman–Crippen MR) is 122 cm³/mol. The lowest BCUT2D eigenvalue weighted by Gasteiger charge is -2.10. The maximum atomic E-state index is 14.3. The summed E-state index contributed by atoms with van der Waals surface area (Å²) in [5.41, 5.74) is 4.86. The summed E-state index contributed by atoms with van der Waals surface area (Å²) in [6, 6.07) is 14.4. The summed E-state index contributed by atoms with van der Waals surface area (Å²) in [7, 11) is 0. The minimum atomic E-state index is -0.498. The quantitative estimate of drug-likeness (QED) is 0.387. The zero-order valence-electron chi connectivity index (χ0n) is 17.1. The SMILES string of the molecule is Cc1ccc(-n2nc(C)c3c(C(=O)Nc4ccc(Br)cc4F)cc(C4CC4)nc32)cc1. The molecule has 1 aliphatic rings. The number of carbonyl (C=O) groups excluding carboxylic acids is 1. The number of hydrogen-bond donors (Lipinski definition) is 1. The van der Waals surface area contributed by atoms with E-state index < -0.39 is 5.82 Å². The average Bonchev–Trinajstić information content (AvgIpc) is 3.54. The van der Waals surface area contributed by atoms with Crippen molar-refractivity contribution in [2.45, 2.75) is 32.6 Å². The van der Waals surface area contributed by atoms with Crippen molar-refractivity contribution in [2.75, 3.05) is 5.32 Å².